The van der Waals surface area contributed by atoms with Gasteiger partial charge in [0.15, 0.2) is 11.5 Å². The van der Waals surface area contributed by atoms with E-state index in [0.29, 0.717) is 29.5 Å². The Morgan fingerprint density at radius 2 is 2.19 bits per heavy atom. The van der Waals surface area contributed by atoms with Gasteiger partial charge in [-0.25, -0.2) is 19.2 Å². The van der Waals surface area contributed by atoms with Gasteiger partial charge in [-0.2, -0.15) is 10.4 Å². The highest BCUT2D eigenvalue weighted by molar-refractivity contribution is 5.71. The molecule has 3 heterocycles. The van der Waals surface area contributed by atoms with Gasteiger partial charge in [-0.05, 0) is 24.1 Å². The molecule has 0 saturated carbocycles. The number of aromatic amines is 1. The summed E-state index contributed by atoms with van der Waals surface area (Å²) >= 11 is 0. The molecule has 1 aromatic carbocycles. The Morgan fingerprint density at radius 1 is 1.34 bits per heavy atom. The summed E-state index contributed by atoms with van der Waals surface area (Å²) < 4.78 is 20.2. The van der Waals surface area contributed by atoms with E-state index >= 15 is 0 Å². The molecular formula is C21H20FN7O3. The number of H-pyrrole nitrogens is 1. The fraction of sp³-hybridized carbons (Fsp3) is 0.286. The van der Waals surface area contributed by atoms with Crippen molar-refractivity contribution >= 4 is 17.7 Å². The number of carbonyl (C=O) groups is 1. The fourth-order valence-corrected chi connectivity index (χ4v) is 3.72. The molecular weight excluding hydrogens is 417 g/mol. The lowest BCUT2D eigenvalue weighted by molar-refractivity contribution is 0.0963. The molecule has 3 aromatic rings. The highest BCUT2D eigenvalue weighted by Crippen LogP contribution is 2.37. The van der Waals surface area contributed by atoms with Crippen molar-refractivity contribution in [3.8, 4) is 23.1 Å². The number of benzene rings is 1. The van der Waals surface area contributed by atoms with Crippen LogP contribution in [-0.2, 0) is 0 Å². The summed E-state index contributed by atoms with van der Waals surface area (Å²) in [4.78, 5) is 20.2. The van der Waals surface area contributed by atoms with E-state index in [2.05, 4.69) is 25.5 Å². The average molecular weight is 437 g/mol. The first kappa shape index (κ1) is 21.0. The summed E-state index contributed by atoms with van der Waals surface area (Å²) in [5.74, 6) is 1.08. The molecule has 11 heteroatoms. The Labute approximate surface area is 182 Å². The molecule has 2 aromatic heterocycles. The van der Waals surface area contributed by atoms with Crippen LogP contribution in [0.3, 0.4) is 0 Å². The molecule has 32 heavy (non-hydrogen) atoms. The molecule has 1 aliphatic heterocycles. The number of likely N-dealkylation sites (tertiary alicyclic amines) is 1. The zero-order chi connectivity index (χ0) is 22.7. The number of anilines is 2. The van der Waals surface area contributed by atoms with E-state index in [9.17, 15) is 9.18 Å². The molecule has 1 aliphatic rings. The number of amides is 1. The van der Waals surface area contributed by atoms with Crippen molar-refractivity contribution < 1.29 is 19.0 Å². The largest absolute Gasteiger partial charge is 0.496 e. The van der Waals surface area contributed by atoms with E-state index in [0.717, 1.165) is 16.0 Å². The molecule has 0 aliphatic carbocycles. The summed E-state index contributed by atoms with van der Waals surface area (Å²) in [7, 11) is 1.53. The standard InChI is InChI=1S/C21H20FN7O3/c1-32-18-6-12(14-4-5-29(21(30)31)11-16(14)22)2-3-15(18)17-7-19(28-27-17)26-20-10-24-13(8-23)9-25-20/h2-3,6-7,9-10,14,16H,4-5,11H2,1H3,(H,30,31)(H2,25,26,27,28). The Morgan fingerprint density at radius 3 is 2.84 bits per heavy atom. The molecule has 4 rings (SSSR count). The number of rotatable bonds is 5. The number of piperidine rings is 1. The predicted molar refractivity (Wildman–Crippen MR) is 112 cm³/mol. The quantitative estimate of drug-likeness (QED) is 0.552. The zero-order valence-electron chi connectivity index (χ0n) is 17.1. The summed E-state index contributed by atoms with van der Waals surface area (Å²) in [6, 6.07) is 9.10. The fourth-order valence-electron chi connectivity index (χ4n) is 3.72. The lowest BCUT2D eigenvalue weighted by Crippen LogP contribution is -2.43. The molecule has 0 spiro atoms. The van der Waals surface area contributed by atoms with Crippen molar-refractivity contribution in [2.45, 2.75) is 18.5 Å². The van der Waals surface area contributed by atoms with Crippen LogP contribution in [-0.4, -0.2) is 62.6 Å². The maximum Gasteiger partial charge on any atom is 0.407 e. The number of ether oxygens (including phenoxy) is 1. The number of aromatic nitrogens is 4. The maximum absolute atomic E-state index is 14.7. The molecule has 0 bridgehead atoms. The van der Waals surface area contributed by atoms with Crippen LogP contribution >= 0.6 is 0 Å². The summed E-state index contributed by atoms with van der Waals surface area (Å²) in [5, 5.41) is 28.0. The molecule has 10 nitrogen and oxygen atoms in total. The minimum atomic E-state index is -1.29. The monoisotopic (exact) mass is 437 g/mol. The molecule has 1 amide bonds. The van der Waals surface area contributed by atoms with Crippen LogP contribution in [0.1, 0.15) is 23.6 Å². The van der Waals surface area contributed by atoms with Crippen molar-refractivity contribution in [2.24, 2.45) is 0 Å². The minimum Gasteiger partial charge on any atom is -0.496 e. The second-order valence-corrected chi connectivity index (χ2v) is 7.29. The van der Waals surface area contributed by atoms with Gasteiger partial charge in [0.1, 0.15) is 23.8 Å². The number of methoxy groups -OCH3 is 1. The number of nitrogens with zero attached hydrogens (tertiary/aromatic N) is 5. The van der Waals surface area contributed by atoms with Crippen LogP contribution < -0.4 is 10.1 Å². The maximum atomic E-state index is 14.7. The second kappa shape index (κ2) is 8.89. The first-order valence-corrected chi connectivity index (χ1v) is 9.83. The third-order valence-electron chi connectivity index (χ3n) is 5.36. The van der Waals surface area contributed by atoms with Crippen molar-refractivity contribution in [1.82, 2.24) is 25.1 Å². The number of nitriles is 1. The number of hydrogen-bond donors (Lipinski definition) is 3. The van der Waals surface area contributed by atoms with E-state index < -0.39 is 18.2 Å². The highest BCUT2D eigenvalue weighted by atomic mass is 19.1. The van der Waals surface area contributed by atoms with Crippen molar-refractivity contribution in [1.29, 1.82) is 5.26 Å². The third kappa shape index (κ3) is 4.29. The van der Waals surface area contributed by atoms with Crippen LogP contribution in [0.25, 0.3) is 11.3 Å². The molecule has 3 N–H and O–H groups in total. The molecule has 1 saturated heterocycles. The van der Waals surface area contributed by atoms with E-state index in [1.165, 1.54) is 19.5 Å². The van der Waals surface area contributed by atoms with Gasteiger partial charge >= 0.3 is 6.09 Å². The summed E-state index contributed by atoms with van der Waals surface area (Å²) in [5.41, 5.74) is 2.39. The highest BCUT2D eigenvalue weighted by Gasteiger charge is 2.33. The molecule has 1 fully saturated rings. The van der Waals surface area contributed by atoms with Crippen LogP contribution in [0.5, 0.6) is 5.75 Å². The first-order valence-electron chi connectivity index (χ1n) is 9.83. The predicted octanol–water partition coefficient (Wildman–Crippen LogP) is 3.30. The van der Waals surface area contributed by atoms with Crippen molar-refractivity contribution in [2.75, 3.05) is 25.5 Å². The van der Waals surface area contributed by atoms with Gasteiger partial charge < -0.3 is 20.1 Å². The zero-order valence-corrected chi connectivity index (χ0v) is 17.1. The van der Waals surface area contributed by atoms with E-state index in [1.807, 2.05) is 18.2 Å². The van der Waals surface area contributed by atoms with Gasteiger partial charge in [-0.1, -0.05) is 6.07 Å². The Balaban J connectivity index is 1.52. The number of halogens is 1. The van der Waals surface area contributed by atoms with Crippen LogP contribution in [0.2, 0.25) is 0 Å². The normalized spacial score (nSPS) is 18.1. The van der Waals surface area contributed by atoms with Crippen LogP contribution in [0.4, 0.5) is 20.8 Å². The van der Waals surface area contributed by atoms with Gasteiger partial charge in [0.25, 0.3) is 0 Å². The van der Waals surface area contributed by atoms with Crippen molar-refractivity contribution in [3.05, 3.63) is 47.9 Å². The number of nitrogens with one attached hydrogen (secondary N) is 2. The summed E-state index contributed by atoms with van der Waals surface area (Å²) in [6.45, 7) is 0.149. The summed E-state index contributed by atoms with van der Waals surface area (Å²) in [6.07, 6.45) is 0.809. The lowest BCUT2D eigenvalue weighted by Gasteiger charge is -2.33. The van der Waals surface area contributed by atoms with Crippen molar-refractivity contribution in [3.63, 3.8) is 0 Å². The molecule has 164 valence electrons. The number of hydrogen-bond acceptors (Lipinski definition) is 7. The van der Waals surface area contributed by atoms with E-state index in [4.69, 9.17) is 15.1 Å². The first-order chi connectivity index (χ1) is 15.5. The Hall–Kier alpha value is -4.20. The topological polar surface area (TPSA) is 140 Å². The minimum absolute atomic E-state index is 0.141. The van der Waals surface area contributed by atoms with E-state index in [1.54, 1.807) is 12.1 Å². The smallest absolute Gasteiger partial charge is 0.407 e. The third-order valence-corrected chi connectivity index (χ3v) is 5.36. The molecule has 2 atom stereocenters. The molecule has 2 unspecified atom stereocenters. The lowest BCUT2D eigenvalue weighted by atomic mass is 9.87. The SMILES string of the molecule is COc1cc(C2CCN(C(=O)O)CC2F)ccc1-c1cc(Nc2cnc(C#N)cn2)n[nH]1. The Bertz CT molecular complexity index is 1160. The van der Waals surface area contributed by atoms with E-state index in [-0.39, 0.29) is 18.8 Å². The number of carboxylic acid groups (broad SMARTS) is 1. The Kier molecular flexibility index (Phi) is 5.85. The van der Waals surface area contributed by atoms with Crippen LogP contribution in [0, 0.1) is 11.3 Å². The second-order valence-electron chi connectivity index (χ2n) is 7.29. The molecule has 0 radical (unpaired) electrons. The van der Waals surface area contributed by atoms with Gasteiger partial charge in [-0.3, -0.25) is 5.10 Å². The van der Waals surface area contributed by atoms with Gasteiger partial charge in [0.2, 0.25) is 0 Å². The van der Waals surface area contributed by atoms with Gasteiger partial charge in [-0.15, -0.1) is 0 Å². The van der Waals surface area contributed by atoms with Crippen LogP contribution in [0.15, 0.2) is 36.7 Å². The van der Waals surface area contributed by atoms with Gasteiger partial charge in [0.05, 0.1) is 31.7 Å². The average Bonchev–Trinajstić information content (AvgIpc) is 3.27. The van der Waals surface area contributed by atoms with Gasteiger partial charge in [0, 0.05) is 24.1 Å². The number of alkyl halides is 1.